The largest absolute Gasteiger partial charge is 0.497 e. The summed E-state index contributed by atoms with van der Waals surface area (Å²) in [6.45, 7) is 2.06. The van der Waals surface area contributed by atoms with Gasteiger partial charge in [-0.3, -0.25) is 4.79 Å². The Morgan fingerprint density at radius 3 is 2.76 bits per heavy atom. The van der Waals surface area contributed by atoms with Gasteiger partial charge in [-0.2, -0.15) is 0 Å². The van der Waals surface area contributed by atoms with Gasteiger partial charge in [0.25, 0.3) is 0 Å². The number of pyridine rings is 1. The Morgan fingerprint density at radius 2 is 2.00 bits per heavy atom. The van der Waals surface area contributed by atoms with Crippen LogP contribution in [0.3, 0.4) is 0 Å². The first-order valence-electron chi connectivity index (χ1n) is 8.49. The number of nitrogens with zero attached hydrogens (tertiary/aromatic N) is 1. The second-order valence-corrected chi connectivity index (χ2v) is 7.45. The summed E-state index contributed by atoms with van der Waals surface area (Å²) in [5, 5.41) is 0.997. The van der Waals surface area contributed by atoms with Crippen LogP contribution < -0.4 is 10.5 Å². The van der Waals surface area contributed by atoms with Crippen molar-refractivity contribution in [3.8, 4) is 5.75 Å². The summed E-state index contributed by atoms with van der Waals surface area (Å²) in [5.41, 5.74) is 11.3. The number of hydrogen-bond donors (Lipinski definition) is 1. The van der Waals surface area contributed by atoms with Crippen molar-refractivity contribution in [2.24, 2.45) is 0 Å². The Hall–Kier alpha value is -2.40. The molecule has 2 heterocycles. The van der Waals surface area contributed by atoms with Gasteiger partial charge in [0.05, 0.1) is 12.8 Å². The molecule has 0 spiro atoms. The first-order valence-corrected chi connectivity index (χ1v) is 9.31. The van der Waals surface area contributed by atoms with Gasteiger partial charge in [0, 0.05) is 16.6 Å². The number of nitrogen functional groups attached to an aromatic ring is 1. The van der Waals surface area contributed by atoms with Crippen LogP contribution in [-0.4, -0.2) is 17.9 Å². The molecule has 0 saturated heterocycles. The number of thiophene rings is 1. The number of methoxy groups -OCH3 is 1. The topological polar surface area (TPSA) is 65.2 Å². The van der Waals surface area contributed by atoms with E-state index in [0.717, 1.165) is 28.8 Å². The van der Waals surface area contributed by atoms with Crippen LogP contribution in [0.4, 0.5) is 5.69 Å². The zero-order valence-corrected chi connectivity index (χ0v) is 15.2. The maximum Gasteiger partial charge on any atom is 0.205 e. The van der Waals surface area contributed by atoms with Gasteiger partial charge in [-0.15, -0.1) is 11.3 Å². The number of hydrogen-bond acceptors (Lipinski definition) is 5. The van der Waals surface area contributed by atoms with Crippen molar-refractivity contribution in [2.75, 3.05) is 12.8 Å². The van der Waals surface area contributed by atoms with Crippen LogP contribution in [0.1, 0.15) is 44.9 Å². The Morgan fingerprint density at radius 1 is 1.24 bits per heavy atom. The number of rotatable bonds is 3. The third-order valence-corrected chi connectivity index (χ3v) is 6.04. The third-order valence-electron chi connectivity index (χ3n) is 4.94. The zero-order chi connectivity index (χ0) is 17.6. The van der Waals surface area contributed by atoms with Gasteiger partial charge < -0.3 is 10.5 Å². The predicted molar refractivity (Wildman–Crippen MR) is 102 cm³/mol. The number of aryl methyl sites for hydroxylation is 2. The number of ether oxygens (including phenoxy) is 1. The van der Waals surface area contributed by atoms with Gasteiger partial charge in [-0.25, -0.2) is 4.98 Å². The molecule has 0 aliphatic heterocycles. The Bertz CT molecular complexity index is 991. The SMILES string of the molecule is COc1cccc(C(=O)c2sc3nc(C)c4c(c3c2N)CCCC4)c1. The monoisotopic (exact) mass is 352 g/mol. The van der Waals surface area contributed by atoms with Crippen LogP contribution in [0.25, 0.3) is 10.2 Å². The molecule has 0 atom stereocenters. The van der Waals surface area contributed by atoms with Crippen LogP contribution in [0.15, 0.2) is 24.3 Å². The van der Waals surface area contributed by atoms with E-state index in [4.69, 9.17) is 15.5 Å². The maximum absolute atomic E-state index is 13.0. The molecule has 128 valence electrons. The molecule has 1 aliphatic carbocycles. The number of carbonyl (C=O) groups excluding carboxylic acids is 1. The Balaban J connectivity index is 1.88. The molecular weight excluding hydrogens is 332 g/mol. The minimum absolute atomic E-state index is 0.0680. The van der Waals surface area contributed by atoms with E-state index in [1.165, 1.54) is 35.3 Å². The molecule has 1 aliphatic rings. The summed E-state index contributed by atoms with van der Waals surface area (Å²) in [5.74, 6) is 0.596. The Kier molecular flexibility index (Phi) is 3.96. The lowest BCUT2D eigenvalue weighted by molar-refractivity contribution is 0.104. The van der Waals surface area contributed by atoms with Crippen molar-refractivity contribution in [2.45, 2.75) is 32.6 Å². The quantitative estimate of drug-likeness (QED) is 0.714. The number of benzene rings is 1. The van der Waals surface area contributed by atoms with Crippen molar-refractivity contribution in [1.29, 1.82) is 0 Å². The fourth-order valence-electron chi connectivity index (χ4n) is 3.67. The van der Waals surface area contributed by atoms with Crippen molar-refractivity contribution < 1.29 is 9.53 Å². The van der Waals surface area contributed by atoms with Gasteiger partial charge in [0.2, 0.25) is 5.78 Å². The smallest absolute Gasteiger partial charge is 0.205 e. The Labute approximate surface area is 150 Å². The molecule has 1 aromatic carbocycles. The molecule has 2 aromatic heterocycles. The van der Waals surface area contributed by atoms with E-state index in [2.05, 4.69) is 6.92 Å². The van der Waals surface area contributed by atoms with Gasteiger partial charge >= 0.3 is 0 Å². The number of fused-ring (bicyclic) bond motifs is 3. The molecule has 3 aromatic rings. The summed E-state index contributed by atoms with van der Waals surface area (Å²) in [7, 11) is 1.59. The van der Waals surface area contributed by atoms with E-state index in [9.17, 15) is 4.79 Å². The molecule has 2 N–H and O–H groups in total. The molecular formula is C20H20N2O2S. The second kappa shape index (κ2) is 6.15. The molecule has 0 radical (unpaired) electrons. The molecule has 4 rings (SSSR count). The van der Waals surface area contributed by atoms with Crippen molar-refractivity contribution in [3.05, 3.63) is 51.5 Å². The molecule has 0 saturated carbocycles. The molecule has 0 fully saturated rings. The van der Waals surface area contributed by atoms with Crippen LogP contribution in [-0.2, 0) is 12.8 Å². The lowest BCUT2D eigenvalue weighted by atomic mass is 9.89. The zero-order valence-electron chi connectivity index (χ0n) is 14.4. The highest BCUT2D eigenvalue weighted by Crippen LogP contribution is 2.40. The van der Waals surface area contributed by atoms with E-state index in [-0.39, 0.29) is 5.78 Å². The summed E-state index contributed by atoms with van der Waals surface area (Å²) in [4.78, 5) is 19.2. The first kappa shape index (κ1) is 16.1. The molecule has 0 unspecified atom stereocenters. The highest BCUT2D eigenvalue weighted by atomic mass is 32.1. The summed E-state index contributed by atoms with van der Waals surface area (Å²) in [6.07, 6.45) is 4.43. The van der Waals surface area contributed by atoms with Crippen molar-refractivity contribution in [3.63, 3.8) is 0 Å². The fraction of sp³-hybridized carbons (Fsp3) is 0.300. The minimum atomic E-state index is -0.0680. The first-order chi connectivity index (χ1) is 12.1. The fourth-order valence-corrected chi connectivity index (χ4v) is 4.80. The van der Waals surface area contributed by atoms with Gasteiger partial charge in [0.15, 0.2) is 0 Å². The summed E-state index contributed by atoms with van der Waals surface area (Å²) >= 11 is 1.40. The highest BCUT2D eigenvalue weighted by Gasteiger charge is 2.24. The van der Waals surface area contributed by atoms with Crippen LogP contribution in [0.5, 0.6) is 5.75 Å². The van der Waals surface area contributed by atoms with Gasteiger partial charge in [-0.1, -0.05) is 12.1 Å². The summed E-state index contributed by atoms with van der Waals surface area (Å²) < 4.78 is 5.23. The predicted octanol–water partition coefficient (Wildman–Crippen LogP) is 4.31. The van der Waals surface area contributed by atoms with Gasteiger partial charge in [-0.05, 0) is 55.9 Å². The van der Waals surface area contributed by atoms with Crippen molar-refractivity contribution >= 4 is 33.0 Å². The average Bonchev–Trinajstić information content (AvgIpc) is 2.98. The van der Waals surface area contributed by atoms with E-state index in [1.807, 2.05) is 12.1 Å². The summed E-state index contributed by atoms with van der Waals surface area (Å²) in [6, 6.07) is 7.19. The van der Waals surface area contributed by atoms with Crippen LogP contribution in [0.2, 0.25) is 0 Å². The standard InChI is InChI=1S/C20H20N2O2S/c1-11-14-8-3-4-9-15(14)16-17(21)19(25-20(16)22-11)18(23)12-6-5-7-13(10-12)24-2/h5-7,10H,3-4,8-9,21H2,1-2H3. The molecule has 25 heavy (non-hydrogen) atoms. The minimum Gasteiger partial charge on any atom is -0.497 e. The van der Waals surface area contributed by atoms with E-state index in [1.54, 1.807) is 19.2 Å². The number of carbonyl (C=O) groups is 1. The molecule has 5 heteroatoms. The second-order valence-electron chi connectivity index (χ2n) is 6.45. The highest BCUT2D eigenvalue weighted by molar-refractivity contribution is 7.21. The number of aromatic nitrogens is 1. The van der Waals surface area contributed by atoms with E-state index < -0.39 is 0 Å². The lowest BCUT2D eigenvalue weighted by Gasteiger charge is -2.18. The lowest BCUT2D eigenvalue weighted by Crippen LogP contribution is -2.08. The van der Waals surface area contributed by atoms with E-state index in [0.29, 0.717) is 21.9 Å². The number of nitrogens with two attached hydrogens (primary N) is 1. The number of ketones is 1. The van der Waals surface area contributed by atoms with Crippen LogP contribution >= 0.6 is 11.3 Å². The van der Waals surface area contributed by atoms with Crippen molar-refractivity contribution in [1.82, 2.24) is 4.98 Å². The van der Waals surface area contributed by atoms with Crippen LogP contribution in [0, 0.1) is 6.92 Å². The van der Waals surface area contributed by atoms with E-state index >= 15 is 0 Å². The normalized spacial score (nSPS) is 13.7. The van der Waals surface area contributed by atoms with Gasteiger partial charge in [0.1, 0.15) is 15.5 Å². The molecule has 4 nitrogen and oxygen atoms in total. The third kappa shape index (κ3) is 2.59. The molecule has 0 bridgehead atoms. The molecule has 0 amide bonds. The number of anilines is 1. The maximum atomic E-state index is 13.0. The average molecular weight is 352 g/mol.